The second kappa shape index (κ2) is 6.44. The number of nitrogens with zero attached hydrogens (tertiary/aromatic N) is 2. The standard InChI is InChI=1S/C10H14N4S2/c1-7(14-13-6-15)9-4-3-8(5-12-9)10(16)11-2/h3-5,13,15H,6H2,1-2H3,(H,11,16). The van der Waals surface area contributed by atoms with Crippen LogP contribution in [0.2, 0.25) is 0 Å². The van der Waals surface area contributed by atoms with Gasteiger partial charge in [0.2, 0.25) is 0 Å². The average molecular weight is 254 g/mol. The van der Waals surface area contributed by atoms with Crippen LogP contribution in [0, 0.1) is 0 Å². The molecule has 0 radical (unpaired) electrons. The Morgan fingerprint density at radius 2 is 2.31 bits per heavy atom. The van der Waals surface area contributed by atoms with Crippen molar-refractivity contribution in [2.75, 3.05) is 12.9 Å². The van der Waals surface area contributed by atoms with Gasteiger partial charge in [0.15, 0.2) is 0 Å². The van der Waals surface area contributed by atoms with E-state index in [4.69, 9.17) is 12.2 Å². The van der Waals surface area contributed by atoms with Crippen molar-refractivity contribution in [1.29, 1.82) is 0 Å². The van der Waals surface area contributed by atoms with Crippen LogP contribution in [-0.2, 0) is 0 Å². The van der Waals surface area contributed by atoms with Crippen LogP contribution < -0.4 is 10.7 Å². The Labute approximate surface area is 106 Å². The lowest BCUT2D eigenvalue weighted by Gasteiger charge is -2.04. The van der Waals surface area contributed by atoms with Crippen LogP contribution in [0.5, 0.6) is 0 Å². The van der Waals surface area contributed by atoms with Crippen molar-refractivity contribution in [2.45, 2.75) is 6.92 Å². The fourth-order valence-corrected chi connectivity index (χ4v) is 1.29. The molecule has 0 atom stereocenters. The zero-order valence-electron chi connectivity index (χ0n) is 9.19. The number of hydrogen-bond donors (Lipinski definition) is 3. The van der Waals surface area contributed by atoms with E-state index in [1.165, 1.54) is 0 Å². The number of aromatic nitrogens is 1. The van der Waals surface area contributed by atoms with Crippen LogP contribution >= 0.6 is 24.8 Å². The van der Waals surface area contributed by atoms with Crippen LogP contribution in [-0.4, -0.2) is 28.6 Å². The van der Waals surface area contributed by atoms with Crippen molar-refractivity contribution in [1.82, 2.24) is 15.7 Å². The third-order valence-corrected chi connectivity index (χ3v) is 2.52. The minimum atomic E-state index is 0.499. The molecular formula is C10H14N4S2. The molecule has 4 nitrogen and oxygen atoms in total. The second-order valence-corrected chi connectivity index (χ2v) is 3.75. The predicted octanol–water partition coefficient (Wildman–Crippen LogP) is 1.18. The Morgan fingerprint density at radius 3 is 2.81 bits per heavy atom. The van der Waals surface area contributed by atoms with E-state index < -0.39 is 0 Å². The summed E-state index contributed by atoms with van der Waals surface area (Å²) in [6.45, 7) is 1.88. The first-order chi connectivity index (χ1) is 7.69. The van der Waals surface area contributed by atoms with Gasteiger partial charge in [0.1, 0.15) is 4.99 Å². The maximum Gasteiger partial charge on any atom is 0.107 e. The molecule has 2 N–H and O–H groups in total. The molecular weight excluding hydrogens is 240 g/mol. The van der Waals surface area contributed by atoms with Gasteiger partial charge in [0, 0.05) is 18.8 Å². The normalized spacial score (nSPS) is 11.1. The first kappa shape index (κ1) is 12.9. The molecule has 0 aliphatic carbocycles. The molecule has 1 rings (SSSR count). The quantitative estimate of drug-likeness (QED) is 0.248. The van der Waals surface area contributed by atoms with Crippen LogP contribution in [0.3, 0.4) is 0 Å². The highest BCUT2D eigenvalue weighted by Crippen LogP contribution is 2.02. The maximum atomic E-state index is 5.10. The molecule has 16 heavy (non-hydrogen) atoms. The summed E-state index contributed by atoms with van der Waals surface area (Å²) in [5.41, 5.74) is 5.30. The fourth-order valence-electron chi connectivity index (χ4n) is 1.10. The number of rotatable bonds is 4. The summed E-state index contributed by atoms with van der Waals surface area (Å²) in [6.07, 6.45) is 1.73. The predicted molar refractivity (Wildman–Crippen MR) is 74.2 cm³/mol. The second-order valence-electron chi connectivity index (χ2n) is 3.02. The average Bonchev–Trinajstić information content (AvgIpc) is 2.35. The van der Waals surface area contributed by atoms with Gasteiger partial charge in [-0.2, -0.15) is 17.7 Å². The molecule has 0 unspecified atom stereocenters. The summed E-state index contributed by atoms with van der Waals surface area (Å²) in [6, 6.07) is 3.80. The molecule has 0 fully saturated rings. The van der Waals surface area contributed by atoms with Crippen molar-refractivity contribution in [3.05, 3.63) is 29.6 Å². The van der Waals surface area contributed by atoms with E-state index in [0.29, 0.717) is 10.9 Å². The molecule has 0 aromatic carbocycles. The Kier molecular flexibility index (Phi) is 5.21. The van der Waals surface area contributed by atoms with Gasteiger partial charge in [0.25, 0.3) is 0 Å². The van der Waals surface area contributed by atoms with Gasteiger partial charge in [-0.15, -0.1) is 0 Å². The minimum absolute atomic E-state index is 0.499. The summed E-state index contributed by atoms with van der Waals surface area (Å²) < 4.78 is 0. The fraction of sp³-hybridized carbons (Fsp3) is 0.300. The number of nitrogens with one attached hydrogen (secondary N) is 2. The Bertz CT molecular complexity index is 386. The SMILES string of the molecule is CNC(=S)c1ccc(C(C)=NNCS)nc1. The van der Waals surface area contributed by atoms with Gasteiger partial charge < -0.3 is 10.7 Å². The molecule has 6 heteroatoms. The van der Waals surface area contributed by atoms with Crippen LogP contribution in [0.1, 0.15) is 18.2 Å². The van der Waals surface area contributed by atoms with Crippen LogP contribution in [0.4, 0.5) is 0 Å². The molecule has 0 spiro atoms. The van der Waals surface area contributed by atoms with Gasteiger partial charge in [0.05, 0.1) is 17.3 Å². The Morgan fingerprint density at radius 1 is 1.56 bits per heavy atom. The van der Waals surface area contributed by atoms with Gasteiger partial charge >= 0.3 is 0 Å². The molecule has 86 valence electrons. The topological polar surface area (TPSA) is 49.3 Å². The first-order valence-electron chi connectivity index (χ1n) is 4.75. The van der Waals surface area contributed by atoms with E-state index in [9.17, 15) is 0 Å². The van der Waals surface area contributed by atoms with Gasteiger partial charge in [-0.05, 0) is 19.1 Å². The first-order valence-corrected chi connectivity index (χ1v) is 5.79. The molecule has 1 aromatic heterocycles. The van der Waals surface area contributed by atoms with E-state index >= 15 is 0 Å². The van der Waals surface area contributed by atoms with E-state index in [1.54, 1.807) is 13.2 Å². The zero-order valence-corrected chi connectivity index (χ0v) is 10.9. The van der Waals surface area contributed by atoms with E-state index in [0.717, 1.165) is 17.0 Å². The summed E-state index contributed by atoms with van der Waals surface area (Å²) in [5.74, 6) is 0.499. The smallest absolute Gasteiger partial charge is 0.107 e. The third kappa shape index (κ3) is 3.46. The van der Waals surface area contributed by atoms with Crippen molar-refractivity contribution in [3.8, 4) is 0 Å². The highest BCUT2D eigenvalue weighted by atomic mass is 32.1. The highest BCUT2D eigenvalue weighted by Gasteiger charge is 2.02. The van der Waals surface area contributed by atoms with Gasteiger partial charge in [-0.1, -0.05) is 12.2 Å². The molecule has 1 aromatic rings. The van der Waals surface area contributed by atoms with E-state index in [-0.39, 0.29) is 0 Å². The number of pyridine rings is 1. The third-order valence-electron chi connectivity index (χ3n) is 1.94. The van der Waals surface area contributed by atoms with Crippen LogP contribution in [0.25, 0.3) is 0 Å². The summed E-state index contributed by atoms with van der Waals surface area (Å²) in [4.78, 5) is 4.96. The maximum absolute atomic E-state index is 5.10. The molecule has 0 aliphatic rings. The molecule has 0 aliphatic heterocycles. The lowest BCUT2D eigenvalue weighted by atomic mass is 10.2. The summed E-state index contributed by atoms with van der Waals surface area (Å²) in [5, 5.41) is 6.99. The largest absolute Gasteiger partial charge is 0.379 e. The molecule has 0 bridgehead atoms. The number of thiocarbonyl (C=S) groups is 1. The van der Waals surface area contributed by atoms with Gasteiger partial charge in [-0.3, -0.25) is 4.98 Å². The van der Waals surface area contributed by atoms with Crippen molar-refractivity contribution in [3.63, 3.8) is 0 Å². The molecule has 1 heterocycles. The minimum Gasteiger partial charge on any atom is -0.379 e. The molecule has 0 amide bonds. The molecule has 0 saturated carbocycles. The Balaban J connectivity index is 2.82. The lowest BCUT2D eigenvalue weighted by Crippen LogP contribution is -2.17. The highest BCUT2D eigenvalue weighted by molar-refractivity contribution is 7.80. The summed E-state index contributed by atoms with van der Waals surface area (Å²) in [7, 11) is 1.79. The monoisotopic (exact) mass is 254 g/mol. The summed E-state index contributed by atoms with van der Waals surface area (Å²) >= 11 is 9.10. The lowest BCUT2D eigenvalue weighted by molar-refractivity contribution is 0.873. The zero-order chi connectivity index (χ0) is 12.0. The van der Waals surface area contributed by atoms with E-state index in [1.807, 2.05) is 19.1 Å². The van der Waals surface area contributed by atoms with Crippen molar-refractivity contribution in [2.24, 2.45) is 5.10 Å². The number of thiol groups is 1. The molecule has 0 saturated heterocycles. The number of hydrazone groups is 1. The van der Waals surface area contributed by atoms with Crippen LogP contribution in [0.15, 0.2) is 23.4 Å². The number of hydrogen-bond acceptors (Lipinski definition) is 5. The van der Waals surface area contributed by atoms with E-state index in [2.05, 4.69) is 33.5 Å². The Hall–Kier alpha value is -1.14. The van der Waals surface area contributed by atoms with Crippen molar-refractivity contribution < 1.29 is 0 Å². The van der Waals surface area contributed by atoms with Gasteiger partial charge in [-0.25, -0.2) is 0 Å². The van der Waals surface area contributed by atoms with Crippen molar-refractivity contribution >= 4 is 35.5 Å².